The van der Waals surface area contributed by atoms with Gasteiger partial charge in [0.1, 0.15) is 5.82 Å². The number of aromatic nitrogens is 5. The lowest BCUT2D eigenvalue weighted by Gasteiger charge is -2.40. The van der Waals surface area contributed by atoms with E-state index < -0.39 is 0 Å². The van der Waals surface area contributed by atoms with E-state index in [0.29, 0.717) is 11.9 Å². The van der Waals surface area contributed by atoms with Crippen molar-refractivity contribution in [2.45, 2.75) is 37.5 Å². The maximum absolute atomic E-state index is 9.64. The van der Waals surface area contributed by atoms with E-state index in [1.807, 2.05) is 31.6 Å². The lowest BCUT2D eigenvalue weighted by molar-refractivity contribution is 0.0324. The molecule has 3 aromatic heterocycles. The molecule has 0 bridgehead atoms. The van der Waals surface area contributed by atoms with Crippen LogP contribution in [0.1, 0.15) is 30.5 Å². The SMILES string of the molecule is C=C(c1cc2ccc(-c3nccc(NC4C=CC(c5cn[nH]c5)=CC4)n3)cc2[nH]1)N(C)C1CC(O)C1. The number of aliphatic hydroxyl groups excluding tert-OH is 1. The average molecular weight is 480 g/mol. The second-order valence-electron chi connectivity index (χ2n) is 9.58. The Balaban J connectivity index is 1.16. The molecule has 8 nitrogen and oxygen atoms in total. The van der Waals surface area contributed by atoms with Gasteiger partial charge in [0, 0.05) is 53.6 Å². The van der Waals surface area contributed by atoms with Crippen LogP contribution in [0.25, 0.3) is 33.6 Å². The number of anilines is 1. The first kappa shape index (κ1) is 22.3. The first-order chi connectivity index (χ1) is 17.5. The molecule has 4 aromatic rings. The van der Waals surface area contributed by atoms with Crippen molar-refractivity contribution in [1.29, 1.82) is 0 Å². The van der Waals surface area contributed by atoms with Crippen LogP contribution >= 0.6 is 0 Å². The van der Waals surface area contributed by atoms with E-state index in [9.17, 15) is 5.11 Å². The molecule has 0 saturated heterocycles. The number of aromatic amines is 2. The summed E-state index contributed by atoms with van der Waals surface area (Å²) in [6.07, 6.45) is 14.3. The number of rotatable bonds is 7. The van der Waals surface area contributed by atoms with Crippen LogP contribution in [0.2, 0.25) is 0 Å². The highest BCUT2D eigenvalue weighted by Gasteiger charge is 2.31. The third kappa shape index (κ3) is 4.31. The Morgan fingerprint density at radius 2 is 2.08 bits per heavy atom. The van der Waals surface area contributed by atoms with Crippen molar-refractivity contribution in [2.75, 3.05) is 12.4 Å². The Morgan fingerprint density at radius 1 is 1.19 bits per heavy atom. The van der Waals surface area contributed by atoms with Crippen LogP contribution in [0.4, 0.5) is 5.82 Å². The maximum Gasteiger partial charge on any atom is 0.161 e. The number of fused-ring (bicyclic) bond motifs is 1. The number of hydrogen-bond acceptors (Lipinski definition) is 6. The van der Waals surface area contributed by atoms with Crippen molar-refractivity contribution in [3.8, 4) is 11.4 Å². The molecule has 182 valence electrons. The number of H-pyrrole nitrogens is 2. The Bertz CT molecular complexity index is 1460. The molecular weight excluding hydrogens is 450 g/mol. The fraction of sp³-hybridized carbons (Fsp3) is 0.250. The van der Waals surface area contributed by atoms with Crippen molar-refractivity contribution >= 4 is 28.0 Å². The van der Waals surface area contributed by atoms with Crippen molar-refractivity contribution in [3.05, 3.63) is 85.0 Å². The molecule has 1 unspecified atom stereocenters. The van der Waals surface area contributed by atoms with Gasteiger partial charge >= 0.3 is 0 Å². The zero-order valence-corrected chi connectivity index (χ0v) is 20.1. The highest BCUT2D eigenvalue weighted by Crippen LogP contribution is 2.32. The summed E-state index contributed by atoms with van der Waals surface area (Å²) < 4.78 is 0. The molecule has 0 aliphatic heterocycles. The number of aliphatic hydroxyl groups is 1. The van der Waals surface area contributed by atoms with Crippen LogP contribution in [0.3, 0.4) is 0 Å². The number of nitrogens with zero attached hydrogens (tertiary/aromatic N) is 4. The molecule has 6 rings (SSSR count). The Hall–Kier alpha value is -4.17. The average Bonchev–Trinajstić information content (AvgIpc) is 3.56. The molecule has 2 aliphatic rings. The second kappa shape index (κ2) is 9.13. The minimum atomic E-state index is -0.189. The lowest BCUT2D eigenvalue weighted by Crippen LogP contribution is -2.44. The van der Waals surface area contributed by atoms with E-state index >= 15 is 0 Å². The summed E-state index contributed by atoms with van der Waals surface area (Å²) >= 11 is 0. The summed E-state index contributed by atoms with van der Waals surface area (Å²) in [7, 11) is 2.04. The summed E-state index contributed by atoms with van der Waals surface area (Å²) in [4.78, 5) is 15.0. The molecule has 3 heterocycles. The van der Waals surface area contributed by atoms with E-state index in [2.05, 4.69) is 73.4 Å². The van der Waals surface area contributed by atoms with Crippen molar-refractivity contribution < 1.29 is 5.11 Å². The summed E-state index contributed by atoms with van der Waals surface area (Å²) in [6, 6.07) is 10.7. The summed E-state index contributed by atoms with van der Waals surface area (Å²) in [5.41, 5.74) is 6.13. The Morgan fingerprint density at radius 3 is 2.83 bits per heavy atom. The summed E-state index contributed by atoms with van der Waals surface area (Å²) in [6.45, 7) is 4.28. The van der Waals surface area contributed by atoms with Gasteiger partial charge in [0.15, 0.2) is 5.82 Å². The van der Waals surface area contributed by atoms with Gasteiger partial charge in [0.05, 0.1) is 23.7 Å². The smallest absolute Gasteiger partial charge is 0.161 e. The third-order valence-corrected chi connectivity index (χ3v) is 7.17. The van der Waals surface area contributed by atoms with Crippen LogP contribution in [-0.2, 0) is 0 Å². The number of nitrogens with one attached hydrogen (secondary N) is 3. The van der Waals surface area contributed by atoms with Crippen molar-refractivity contribution in [3.63, 3.8) is 0 Å². The fourth-order valence-corrected chi connectivity index (χ4v) is 4.83. The molecule has 1 fully saturated rings. The molecule has 0 spiro atoms. The van der Waals surface area contributed by atoms with Crippen molar-refractivity contribution in [1.82, 2.24) is 30.0 Å². The fourth-order valence-electron chi connectivity index (χ4n) is 4.83. The molecule has 0 radical (unpaired) electrons. The Kier molecular flexibility index (Phi) is 5.65. The first-order valence-corrected chi connectivity index (χ1v) is 12.2. The van der Waals surface area contributed by atoms with Gasteiger partial charge in [-0.15, -0.1) is 0 Å². The van der Waals surface area contributed by atoms with Crippen LogP contribution in [-0.4, -0.2) is 60.4 Å². The zero-order valence-electron chi connectivity index (χ0n) is 20.1. The summed E-state index contributed by atoms with van der Waals surface area (Å²) in [5, 5.41) is 21.1. The largest absolute Gasteiger partial charge is 0.393 e. The van der Waals surface area contributed by atoms with Gasteiger partial charge in [-0.25, -0.2) is 9.97 Å². The van der Waals surface area contributed by atoms with Gasteiger partial charge in [-0.1, -0.05) is 36.9 Å². The van der Waals surface area contributed by atoms with Crippen molar-refractivity contribution in [2.24, 2.45) is 0 Å². The monoisotopic (exact) mass is 479 g/mol. The number of hydrogen-bond donors (Lipinski definition) is 4. The molecule has 4 N–H and O–H groups in total. The first-order valence-electron chi connectivity index (χ1n) is 12.2. The molecule has 36 heavy (non-hydrogen) atoms. The topological polar surface area (TPSA) is 106 Å². The van der Waals surface area contributed by atoms with Crippen LogP contribution in [0.5, 0.6) is 0 Å². The standard InChI is InChI=1S/C28H29N7O/c1-17(35(2)23-13-24(36)14-23)25-11-19-3-4-20(12-26(19)33-25)28-29-10-9-27(34-28)32-22-7-5-18(6-8-22)21-15-30-31-16-21/h3-7,9-12,15-16,22-24,33,36H,1,8,13-14H2,2H3,(H,30,31)(H,29,32,34). The predicted octanol–water partition coefficient (Wildman–Crippen LogP) is 4.60. The van der Waals surface area contributed by atoms with Crippen LogP contribution in [0.15, 0.2) is 73.7 Å². The Labute approximate surface area is 209 Å². The van der Waals surface area contributed by atoms with E-state index in [0.717, 1.165) is 58.5 Å². The van der Waals surface area contributed by atoms with E-state index in [1.165, 1.54) is 5.57 Å². The van der Waals surface area contributed by atoms with Gasteiger partial charge in [0.2, 0.25) is 0 Å². The lowest BCUT2D eigenvalue weighted by atomic mass is 9.88. The van der Waals surface area contributed by atoms with E-state index in [4.69, 9.17) is 4.98 Å². The summed E-state index contributed by atoms with van der Waals surface area (Å²) in [5.74, 6) is 1.46. The highest BCUT2D eigenvalue weighted by atomic mass is 16.3. The molecule has 2 aliphatic carbocycles. The minimum absolute atomic E-state index is 0.164. The zero-order chi connectivity index (χ0) is 24.6. The molecule has 1 saturated carbocycles. The van der Waals surface area contributed by atoms with Gasteiger partial charge in [-0.3, -0.25) is 5.10 Å². The van der Waals surface area contributed by atoms with Gasteiger partial charge in [-0.2, -0.15) is 5.10 Å². The molecular formula is C28H29N7O. The normalized spacial score (nSPS) is 21.2. The number of allylic oxidation sites excluding steroid dienone is 2. The minimum Gasteiger partial charge on any atom is -0.393 e. The second-order valence-corrected chi connectivity index (χ2v) is 9.58. The molecule has 1 atom stereocenters. The van der Waals surface area contributed by atoms with Gasteiger partial charge in [0.25, 0.3) is 0 Å². The predicted molar refractivity (Wildman–Crippen MR) is 143 cm³/mol. The maximum atomic E-state index is 9.64. The van der Waals surface area contributed by atoms with Gasteiger partial charge in [-0.05, 0) is 43.0 Å². The molecule has 1 aromatic carbocycles. The van der Waals surface area contributed by atoms with E-state index in [1.54, 1.807) is 6.20 Å². The van der Waals surface area contributed by atoms with Gasteiger partial charge < -0.3 is 20.3 Å². The molecule has 0 amide bonds. The van der Waals surface area contributed by atoms with Crippen LogP contribution < -0.4 is 5.32 Å². The highest BCUT2D eigenvalue weighted by molar-refractivity contribution is 5.87. The quantitative estimate of drug-likeness (QED) is 0.309. The van der Waals surface area contributed by atoms with Crippen LogP contribution in [0, 0.1) is 0 Å². The third-order valence-electron chi connectivity index (χ3n) is 7.17. The number of benzene rings is 1. The molecule has 8 heteroatoms. The van der Waals surface area contributed by atoms with E-state index in [-0.39, 0.29) is 12.1 Å².